The summed E-state index contributed by atoms with van der Waals surface area (Å²) in [6, 6.07) is 15.3. The average molecular weight is 467 g/mol. The fourth-order valence-electron chi connectivity index (χ4n) is 3.53. The molecular weight excluding hydrogens is 432 g/mol. The van der Waals surface area contributed by atoms with Gasteiger partial charge in [-0.25, -0.2) is 4.99 Å². The van der Waals surface area contributed by atoms with E-state index in [1.54, 1.807) is 19.1 Å². The van der Waals surface area contributed by atoms with Crippen LogP contribution in [0.2, 0.25) is 0 Å². The molecule has 1 amide bonds. The molecule has 2 aromatic carbocycles. The monoisotopic (exact) mass is 466 g/mol. The second kappa shape index (κ2) is 12.9. The molecule has 9 nitrogen and oxygen atoms in total. The van der Waals surface area contributed by atoms with Crippen LogP contribution in [0.25, 0.3) is 0 Å². The Balaban J connectivity index is 1.96. The van der Waals surface area contributed by atoms with Crippen LogP contribution in [0.4, 0.5) is 0 Å². The average Bonchev–Trinajstić information content (AvgIpc) is 2.78. The van der Waals surface area contributed by atoms with E-state index in [1.807, 2.05) is 30.3 Å². The number of amides is 1. The van der Waals surface area contributed by atoms with Crippen LogP contribution in [-0.4, -0.2) is 41.4 Å². The molecule has 2 aromatic rings. The number of guanidine groups is 1. The van der Waals surface area contributed by atoms with E-state index < -0.39 is 12.0 Å². The Kier molecular flexibility index (Phi) is 9.94. The number of nitrogens with two attached hydrogens (primary N) is 3. The number of carbonyl (C=O) groups is 2. The quantitative estimate of drug-likeness (QED) is 0.188. The number of aromatic hydroxyl groups is 1. The molecule has 0 unspecified atom stereocenters. The van der Waals surface area contributed by atoms with Crippen molar-refractivity contribution >= 4 is 17.6 Å². The van der Waals surface area contributed by atoms with E-state index >= 15 is 0 Å². The summed E-state index contributed by atoms with van der Waals surface area (Å²) in [6.45, 7) is 5.68. The Labute approximate surface area is 200 Å². The topological polar surface area (TPSA) is 169 Å². The number of nitrogens with one attached hydrogen (secondary N) is 2. The smallest absolute Gasteiger partial charge is 0.223 e. The van der Waals surface area contributed by atoms with Gasteiger partial charge >= 0.3 is 0 Å². The lowest BCUT2D eigenvalue weighted by atomic mass is 9.95. The van der Waals surface area contributed by atoms with Crippen LogP contribution >= 0.6 is 0 Å². The van der Waals surface area contributed by atoms with Crippen molar-refractivity contribution in [2.75, 3.05) is 6.54 Å². The number of aliphatic imine (C=N–C) groups is 1. The molecule has 34 heavy (non-hydrogen) atoms. The van der Waals surface area contributed by atoms with Crippen molar-refractivity contribution in [3.63, 3.8) is 0 Å². The zero-order valence-electron chi connectivity index (χ0n) is 19.4. The number of rotatable bonds is 13. The first-order chi connectivity index (χ1) is 16.1. The Hall–Kier alpha value is -4.01. The van der Waals surface area contributed by atoms with Crippen molar-refractivity contribution in [2.45, 2.75) is 38.3 Å². The molecule has 9 N–H and O–H groups in total. The predicted molar refractivity (Wildman–Crippen MR) is 134 cm³/mol. The highest BCUT2D eigenvalue weighted by Crippen LogP contribution is 2.15. The van der Waals surface area contributed by atoms with Crippen LogP contribution in [0, 0.1) is 5.92 Å². The molecule has 0 bridgehead atoms. The number of nitrogens with zero attached hydrogens (tertiary/aromatic N) is 1. The van der Waals surface area contributed by atoms with Gasteiger partial charge in [-0.3, -0.25) is 9.59 Å². The second-order valence-corrected chi connectivity index (χ2v) is 8.31. The van der Waals surface area contributed by atoms with Crippen LogP contribution < -0.4 is 27.8 Å². The normalized spacial score (nSPS) is 13.2. The fraction of sp³-hybridized carbons (Fsp3) is 0.320. The maximum Gasteiger partial charge on any atom is 0.223 e. The first-order valence-corrected chi connectivity index (χ1v) is 11.1. The van der Waals surface area contributed by atoms with Crippen molar-refractivity contribution in [2.24, 2.45) is 28.1 Å². The van der Waals surface area contributed by atoms with E-state index in [9.17, 15) is 14.7 Å². The van der Waals surface area contributed by atoms with Crippen molar-refractivity contribution in [3.8, 4) is 5.75 Å². The number of phenolic OH excluding ortho intramolecular Hbond substituents is 1. The Morgan fingerprint density at radius 3 is 2.21 bits per heavy atom. The molecule has 0 aliphatic rings. The van der Waals surface area contributed by atoms with E-state index in [1.165, 1.54) is 12.1 Å². The Morgan fingerprint density at radius 1 is 1.00 bits per heavy atom. The van der Waals surface area contributed by atoms with E-state index in [0.29, 0.717) is 18.8 Å². The minimum atomic E-state index is -0.821. The molecule has 0 radical (unpaired) electrons. The maximum atomic E-state index is 12.9. The Morgan fingerprint density at radius 2 is 1.62 bits per heavy atom. The zero-order valence-corrected chi connectivity index (χ0v) is 19.4. The standard InChI is InChI=1S/C25H34N6O3/c1-16(12-23(33)22(31-25(27)28)14-19-8-10-21(32)11-9-19)24(34)29-15-20(30-17(2)26)13-18-6-4-3-5-7-18/h3-11,16,20,22,30,32H,2,12-15,26H2,1H3,(H,29,34)(H4,27,28,31)/t16-,20-,22-/m0/s1. The number of hydrogen-bond donors (Lipinski definition) is 6. The van der Waals surface area contributed by atoms with Crippen LogP contribution in [0.1, 0.15) is 24.5 Å². The van der Waals surface area contributed by atoms with Gasteiger partial charge in [0, 0.05) is 31.3 Å². The summed E-state index contributed by atoms with van der Waals surface area (Å²) in [7, 11) is 0. The largest absolute Gasteiger partial charge is 0.508 e. The summed E-state index contributed by atoms with van der Waals surface area (Å²) in [5.41, 5.74) is 18.6. The second-order valence-electron chi connectivity index (χ2n) is 8.31. The van der Waals surface area contributed by atoms with Crippen molar-refractivity contribution in [1.29, 1.82) is 0 Å². The summed E-state index contributed by atoms with van der Waals surface area (Å²) >= 11 is 0. The van der Waals surface area contributed by atoms with Crippen LogP contribution in [0.3, 0.4) is 0 Å². The molecule has 0 spiro atoms. The summed E-state index contributed by atoms with van der Waals surface area (Å²) in [6.07, 6.45) is 0.878. The van der Waals surface area contributed by atoms with Gasteiger partial charge in [0.25, 0.3) is 0 Å². The predicted octanol–water partition coefficient (Wildman–Crippen LogP) is 0.919. The van der Waals surface area contributed by atoms with Crippen LogP contribution in [0.15, 0.2) is 72.0 Å². The van der Waals surface area contributed by atoms with Gasteiger partial charge in [0.2, 0.25) is 5.91 Å². The molecule has 0 aromatic heterocycles. The van der Waals surface area contributed by atoms with Gasteiger partial charge in [-0.1, -0.05) is 56.0 Å². The highest BCUT2D eigenvalue weighted by Gasteiger charge is 2.24. The third kappa shape index (κ3) is 9.23. The highest BCUT2D eigenvalue weighted by molar-refractivity contribution is 5.91. The van der Waals surface area contributed by atoms with Crippen molar-refractivity contribution in [1.82, 2.24) is 10.6 Å². The molecule has 0 heterocycles. The first-order valence-electron chi connectivity index (χ1n) is 11.1. The van der Waals surface area contributed by atoms with Gasteiger partial charge in [-0.15, -0.1) is 0 Å². The van der Waals surface area contributed by atoms with Gasteiger partial charge in [-0.05, 0) is 29.7 Å². The molecule has 0 saturated heterocycles. The number of hydrogen-bond acceptors (Lipinski definition) is 6. The summed E-state index contributed by atoms with van der Waals surface area (Å²) in [5, 5.41) is 15.4. The molecule has 0 fully saturated rings. The zero-order chi connectivity index (χ0) is 25.1. The highest BCUT2D eigenvalue weighted by atomic mass is 16.3. The molecule has 0 saturated carbocycles. The summed E-state index contributed by atoms with van der Waals surface area (Å²) < 4.78 is 0. The van der Waals surface area contributed by atoms with E-state index in [2.05, 4.69) is 22.2 Å². The lowest BCUT2D eigenvalue weighted by molar-refractivity contribution is -0.129. The van der Waals surface area contributed by atoms with Gasteiger partial charge < -0.3 is 32.9 Å². The lowest BCUT2D eigenvalue weighted by Crippen LogP contribution is -2.44. The van der Waals surface area contributed by atoms with E-state index in [4.69, 9.17) is 17.2 Å². The molecule has 9 heteroatoms. The Bertz CT molecular complexity index is 987. The van der Waals surface area contributed by atoms with Crippen molar-refractivity contribution < 1.29 is 14.7 Å². The molecule has 182 valence electrons. The number of carbonyl (C=O) groups excluding carboxylic acids is 2. The first kappa shape index (κ1) is 26.2. The minimum Gasteiger partial charge on any atom is -0.508 e. The molecule has 0 aliphatic carbocycles. The SMILES string of the molecule is C=C(N)N[C@H](CNC(=O)[C@@H](C)CC(=O)[C@H](Cc1ccc(O)cc1)N=C(N)N)Cc1ccccc1. The summed E-state index contributed by atoms with van der Waals surface area (Å²) in [5.74, 6) is -0.861. The lowest BCUT2D eigenvalue weighted by Gasteiger charge is -2.22. The van der Waals surface area contributed by atoms with Gasteiger partial charge in [-0.2, -0.15) is 0 Å². The van der Waals surface area contributed by atoms with Crippen LogP contribution in [-0.2, 0) is 22.4 Å². The van der Waals surface area contributed by atoms with Crippen molar-refractivity contribution in [3.05, 3.63) is 78.1 Å². The molecule has 2 rings (SSSR count). The van der Waals surface area contributed by atoms with E-state index in [0.717, 1.165) is 11.1 Å². The number of Topliss-reactive ketones (excluding diaryl/α,β-unsaturated/α-hetero) is 1. The van der Waals surface area contributed by atoms with Gasteiger partial charge in [0.05, 0.1) is 5.82 Å². The van der Waals surface area contributed by atoms with Gasteiger partial charge in [0.1, 0.15) is 11.8 Å². The third-order valence-corrected chi connectivity index (χ3v) is 5.23. The minimum absolute atomic E-state index is 0.0221. The maximum absolute atomic E-state index is 12.9. The third-order valence-electron chi connectivity index (χ3n) is 5.23. The number of phenols is 1. The molecule has 0 aliphatic heterocycles. The summed E-state index contributed by atoms with van der Waals surface area (Å²) in [4.78, 5) is 29.7. The van der Waals surface area contributed by atoms with E-state index in [-0.39, 0.29) is 42.3 Å². The molecular formula is C25H34N6O3. The van der Waals surface area contributed by atoms with Crippen LogP contribution in [0.5, 0.6) is 5.75 Å². The number of benzene rings is 2. The number of ketones is 1. The van der Waals surface area contributed by atoms with Gasteiger partial charge in [0.15, 0.2) is 11.7 Å². The fourth-order valence-corrected chi connectivity index (χ4v) is 3.53. The molecule has 3 atom stereocenters.